The van der Waals surface area contributed by atoms with E-state index in [2.05, 4.69) is 0 Å². The molecule has 0 saturated carbocycles. The molecule has 1 aromatic heterocycles. The van der Waals surface area contributed by atoms with Crippen LogP contribution in [0.2, 0.25) is 0 Å². The molecule has 1 aliphatic heterocycles. The van der Waals surface area contributed by atoms with Crippen LogP contribution in [0.25, 0.3) is 5.57 Å². The quantitative estimate of drug-likeness (QED) is 0.617. The van der Waals surface area contributed by atoms with Gasteiger partial charge in [-0.3, -0.25) is 9.59 Å². The maximum absolute atomic E-state index is 12.4. The number of esters is 1. The first-order valence-corrected chi connectivity index (χ1v) is 6.57. The highest BCUT2D eigenvalue weighted by atomic mass is 16.5. The predicted octanol–water partition coefficient (Wildman–Crippen LogP) is 1.18. The fourth-order valence-corrected chi connectivity index (χ4v) is 2.43. The van der Waals surface area contributed by atoms with Crippen LogP contribution in [0.5, 0.6) is 0 Å². The third-order valence-electron chi connectivity index (χ3n) is 3.46. The number of ether oxygens (including phenoxy) is 2. The standard InChI is InChI=1S/C15H17NO5/c1-9(17)13-12(15(19)20-3)8-11(14(18)16(13)2)10-4-6-21-7-5-10/h4,8H,5-7H2,1-3H3. The number of ketones is 1. The van der Waals surface area contributed by atoms with E-state index in [0.717, 1.165) is 5.57 Å². The molecule has 6 heteroatoms. The van der Waals surface area contributed by atoms with Crippen LogP contribution in [0.1, 0.15) is 39.8 Å². The van der Waals surface area contributed by atoms with Crippen molar-refractivity contribution in [3.8, 4) is 0 Å². The largest absolute Gasteiger partial charge is 0.465 e. The minimum atomic E-state index is -0.635. The number of hydrogen-bond donors (Lipinski definition) is 0. The van der Waals surface area contributed by atoms with Gasteiger partial charge in [-0.15, -0.1) is 0 Å². The zero-order valence-corrected chi connectivity index (χ0v) is 12.3. The molecule has 2 heterocycles. The molecule has 1 aromatic rings. The van der Waals surface area contributed by atoms with Crippen LogP contribution < -0.4 is 5.56 Å². The van der Waals surface area contributed by atoms with Gasteiger partial charge in [-0.05, 0) is 18.1 Å². The molecular formula is C15H17NO5. The van der Waals surface area contributed by atoms with Crippen LogP contribution in [-0.2, 0) is 16.5 Å². The van der Waals surface area contributed by atoms with Crippen molar-refractivity contribution >= 4 is 17.3 Å². The van der Waals surface area contributed by atoms with Gasteiger partial charge in [-0.2, -0.15) is 0 Å². The normalized spacial score (nSPS) is 14.5. The monoisotopic (exact) mass is 291 g/mol. The molecular weight excluding hydrogens is 274 g/mol. The van der Waals surface area contributed by atoms with Crippen molar-refractivity contribution in [2.45, 2.75) is 13.3 Å². The number of nitrogens with zero attached hydrogens (tertiary/aromatic N) is 1. The van der Waals surface area contributed by atoms with E-state index in [-0.39, 0.29) is 22.6 Å². The van der Waals surface area contributed by atoms with Crippen LogP contribution in [0, 0.1) is 0 Å². The van der Waals surface area contributed by atoms with Crippen molar-refractivity contribution in [1.82, 2.24) is 4.57 Å². The molecule has 0 saturated heterocycles. The molecule has 112 valence electrons. The predicted molar refractivity (Wildman–Crippen MR) is 76.4 cm³/mol. The smallest absolute Gasteiger partial charge is 0.340 e. The van der Waals surface area contributed by atoms with Gasteiger partial charge in [0.05, 0.1) is 25.9 Å². The molecule has 0 fully saturated rings. The van der Waals surface area contributed by atoms with E-state index in [1.807, 2.05) is 6.08 Å². The summed E-state index contributed by atoms with van der Waals surface area (Å²) >= 11 is 0. The minimum absolute atomic E-state index is 0.0586. The molecule has 6 nitrogen and oxygen atoms in total. The molecule has 0 bridgehead atoms. The van der Waals surface area contributed by atoms with Gasteiger partial charge < -0.3 is 14.0 Å². The molecule has 0 atom stereocenters. The Kier molecular flexibility index (Phi) is 4.37. The molecule has 21 heavy (non-hydrogen) atoms. The van der Waals surface area contributed by atoms with E-state index in [1.165, 1.54) is 31.7 Å². The fourth-order valence-electron chi connectivity index (χ4n) is 2.43. The summed E-state index contributed by atoms with van der Waals surface area (Å²) in [6, 6.07) is 1.45. The highest BCUT2D eigenvalue weighted by molar-refractivity contribution is 6.04. The lowest BCUT2D eigenvalue weighted by Crippen LogP contribution is -2.29. The van der Waals surface area contributed by atoms with Gasteiger partial charge in [-0.25, -0.2) is 4.79 Å². The Morgan fingerprint density at radius 2 is 2.10 bits per heavy atom. The minimum Gasteiger partial charge on any atom is -0.465 e. The summed E-state index contributed by atoms with van der Waals surface area (Å²) in [6.45, 7) is 2.27. The summed E-state index contributed by atoms with van der Waals surface area (Å²) < 4.78 is 11.1. The van der Waals surface area contributed by atoms with E-state index in [9.17, 15) is 14.4 Å². The number of methoxy groups -OCH3 is 1. The number of carbonyl (C=O) groups excluding carboxylic acids is 2. The number of hydrogen-bond acceptors (Lipinski definition) is 5. The molecule has 0 amide bonds. The number of carbonyl (C=O) groups is 2. The zero-order chi connectivity index (χ0) is 15.6. The van der Waals surface area contributed by atoms with Gasteiger partial charge in [0.15, 0.2) is 5.78 Å². The Morgan fingerprint density at radius 1 is 1.38 bits per heavy atom. The second-order valence-corrected chi connectivity index (χ2v) is 4.79. The molecule has 0 spiro atoms. The summed E-state index contributed by atoms with van der Waals surface area (Å²) in [4.78, 5) is 36.1. The first kappa shape index (κ1) is 15.2. The van der Waals surface area contributed by atoms with E-state index >= 15 is 0 Å². The van der Waals surface area contributed by atoms with Crippen molar-refractivity contribution in [3.05, 3.63) is 39.3 Å². The van der Waals surface area contributed by atoms with E-state index in [4.69, 9.17) is 9.47 Å². The number of Topliss-reactive ketones (excluding diaryl/α,β-unsaturated/α-hetero) is 1. The molecule has 0 radical (unpaired) electrons. The van der Waals surface area contributed by atoms with Crippen LogP contribution >= 0.6 is 0 Å². The average Bonchev–Trinajstić information content (AvgIpc) is 2.49. The molecule has 0 aromatic carbocycles. The highest BCUT2D eigenvalue weighted by Crippen LogP contribution is 2.21. The maximum Gasteiger partial charge on any atom is 0.340 e. The number of rotatable bonds is 3. The lowest BCUT2D eigenvalue weighted by atomic mass is 9.99. The Labute approximate surface area is 122 Å². The number of pyridine rings is 1. The maximum atomic E-state index is 12.4. The Bertz CT molecular complexity index is 684. The molecule has 0 unspecified atom stereocenters. The first-order chi connectivity index (χ1) is 9.97. The third-order valence-corrected chi connectivity index (χ3v) is 3.46. The molecule has 1 aliphatic rings. The topological polar surface area (TPSA) is 74.6 Å². The van der Waals surface area contributed by atoms with Gasteiger partial charge in [0.2, 0.25) is 0 Å². The first-order valence-electron chi connectivity index (χ1n) is 6.57. The average molecular weight is 291 g/mol. The molecule has 0 aliphatic carbocycles. The summed E-state index contributed by atoms with van der Waals surface area (Å²) in [5, 5.41) is 0. The molecule has 0 N–H and O–H groups in total. The second kappa shape index (κ2) is 6.05. The zero-order valence-electron chi connectivity index (χ0n) is 12.3. The van der Waals surface area contributed by atoms with Gasteiger partial charge in [-0.1, -0.05) is 6.08 Å². The Balaban J connectivity index is 2.72. The van der Waals surface area contributed by atoms with Gasteiger partial charge in [0, 0.05) is 19.5 Å². The van der Waals surface area contributed by atoms with Crippen molar-refractivity contribution in [3.63, 3.8) is 0 Å². The van der Waals surface area contributed by atoms with Crippen LogP contribution in [0.4, 0.5) is 0 Å². The SMILES string of the molecule is COC(=O)c1cc(C2=CCOCC2)c(=O)n(C)c1C(C)=O. The third kappa shape index (κ3) is 2.80. The van der Waals surface area contributed by atoms with Crippen LogP contribution in [0.15, 0.2) is 16.9 Å². The Morgan fingerprint density at radius 3 is 2.62 bits per heavy atom. The summed E-state index contributed by atoms with van der Waals surface area (Å²) in [6.07, 6.45) is 2.41. The van der Waals surface area contributed by atoms with Crippen molar-refractivity contribution in [2.75, 3.05) is 20.3 Å². The van der Waals surface area contributed by atoms with Crippen LogP contribution in [-0.4, -0.2) is 36.6 Å². The molecule has 2 rings (SSSR count). The van der Waals surface area contributed by atoms with Gasteiger partial charge in [0.1, 0.15) is 5.69 Å². The van der Waals surface area contributed by atoms with Crippen LogP contribution in [0.3, 0.4) is 0 Å². The summed E-state index contributed by atoms with van der Waals surface area (Å²) in [5.41, 5.74) is 1.09. The number of aromatic nitrogens is 1. The van der Waals surface area contributed by atoms with Gasteiger partial charge >= 0.3 is 5.97 Å². The summed E-state index contributed by atoms with van der Waals surface area (Å²) in [7, 11) is 2.72. The van der Waals surface area contributed by atoms with E-state index < -0.39 is 5.97 Å². The summed E-state index contributed by atoms with van der Waals surface area (Å²) in [5.74, 6) is -0.993. The van der Waals surface area contributed by atoms with Crippen molar-refractivity contribution in [2.24, 2.45) is 7.05 Å². The van der Waals surface area contributed by atoms with Crippen molar-refractivity contribution in [1.29, 1.82) is 0 Å². The lowest BCUT2D eigenvalue weighted by molar-refractivity contribution is 0.0595. The lowest BCUT2D eigenvalue weighted by Gasteiger charge is -2.17. The van der Waals surface area contributed by atoms with Gasteiger partial charge in [0.25, 0.3) is 5.56 Å². The van der Waals surface area contributed by atoms with Crippen molar-refractivity contribution < 1.29 is 19.1 Å². The fraction of sp³-hybridized carbons (Fsp3) is 0.400. The Hall–Kier alpha value is -2.21. The van der Waals surface area contributed by atoms with E-state index in [1.54, 1.807) is 0 Å². The van der Waals surface area contributed by atoms with E-state index in [0.29, 0.717) is 25.2 Å². The highest BCUT2D eigenvalue weighted by Gasteiger charge is 2.23. The second-order valence-electron chi connectivity index (χ2n) is 4.79.